The Morgan fingerprint density at radius 3 is 2.59 bits per heavy atom. The van der Waals surface area contributed by atoms with Crippen molar-refractivity contribution in [2.45, 2.75) is 39.8 Å². The van der Waals surface area contributed by atoms with Crippen molar-refractivity contribution in [3.63, 3.8) is 0 Å². The smallest absolute Gasteiger partial charge is 0.106 e. The molecule has 0 aliphatic carbocycles. The van der Waals surface area contributed by atoms with Gasteiger partial charge in [0.15, 0.2) is 0 Å². The monoisotopic (exact) mass is 233 g/mol. The molecule has 0 spiro atoms. The minimum Gasteiger partial charge on any atom is -0.466 e. The Bertz CT molecular complexity index is 510. The van der Waals surface area contributed by atoms with Crippen molar-refractivity contribution in [3.8, 4) is 0 Å². The molecule has 0 amide bonds. The first-order valence-corrected chi connectivity index (χ1v) is 5.85. The zero-order chi connectivity index (χ0) is 12.6. The first-order valence-electron chi connectivity index (χ1n) is 5.85. The van der Waals surface area contributed by atoms with E-state index in [2.05, 4.69) is 22.5 Å². The average molecular weight is 233 g/mol. The fourth-order valence-electron chi connectivity index (χ4n) is 2.21. The maximum atomic E-state index is 5.93. The SMILES string of the molecule is Cc1cc(C(C)n2cncc2C(C)N)c(C)o1. The third-order valence-corrected chi connectivity index (χ3v) is 3.11. The third kappa shape index (κ3) is 2.13. The summed E-state index contributed by atoms with van der Waals surface area (Å²) in [5.41, 5.74) is 8.15. The maximum absolute atomic E-state index is 5.93. The average Bonchev–Trinajstić information content (AvgIpc) is 2.83. The van der Waals surface area contributed by atoms with Crippen LogP contribution in [0.4, 0.5) is 0 Å². The Balaban J connectivity index is 2.40. The van der Waals surface area contributed by atoms with E-state index in [4.69, 9.17) is 10.2 Å². The van der Waals surface area contributed by atoms with Crippen molar-refractivity contribution >= 4 is 0 Å². The summed E-state index contributed by atoms with van der Waals surface area (Å²) >= 11 is 0. The molecule has 0 aliphatic heterocycles. The van der Waals surface area contributed by atoms with Crippen LogP contribution in [0, 0.1) is 13.8 Å². The highest BCUT2D eigenvalue weighted by Gasteiger charge is 2.17. The number of aromatic nitrogens is 2. The zero-order valence-electron chi connectivity index (χ0n) is 10.8. The van der Waals surface area contributed by atoms with Crippen LogP contribution in [0.15, 0.2) is 23.0 Å². The van der Waals surface area contributed by atoms with Gasteiger partial charge < -0.3 is 14.7 Å². The topological polar surface area (TPSA) is 57.0 Å². The molecule has 0 bridgehead atoms. The first-order chi connectivity index (χ1) is 8.00. The molecule has 4 nitrogen and oxygen atoms in total. The van der Waals surface area contributed by atoms with Crippen LogP contribution < -0.4 is 5.73 Å². The predicted octanol–water partition coefficient (Wildman–Crippen LogP) is 2.72. The summed E-state index contributed by atoms with van der Waals surface area (Å²) in [5, 5.41) is 0. The van der Waals surface area contributed by atoms with Gasteiger partial charge in [0.05, 0.1) is 18.1 Å². The quantitative estimate of drug-likeness (QED) is 0.886. The minimum absolute atomic E-state index is 0.0201. The highest BCUT2D eigenvalue weighted by Crippen LogP contribution is 2.26. The number of furan rings is 1. The molecule has 2 heterocycles. The second-order valence-corrected chi connectivity index (χ2v) is 4.56. The van der Waals surface area contributed by atoms with Gasteiger partial charge in [0.25, 0.3) is 0 Å². The van der Waals surface area contributed by atoms with Crippen LogP contribution in [0.3, 0.4) is 0 Å². The van der Waals surface area contributed by atoms with Crippen LogP contribution in [-0.2, 0) is 0 Å². The number of imidazole rings is 1. The summed E-state index contributed by atoms with van der Waals surface area (Å²) in [6.45, 7) is 8.05. The molecule has 2 aromatic heterocycles. The summed E-state index contributed by atoms with van der Waals surface area (Å²) in [7, 11) is 0. The van der Waals surface area contributed by atoms with E-state index < -0.39 is 0 Å². The van der Waals surface area contributed by atoms with E-state index in [1.807, 2.05) is 33.3 Å². The molecule has 2 aromatic rings. The Morgan fingerprint density at radius 1 is 1.35 bits per heavy atom. The van der Waals surface area contributed by atoms with E-state index in [1.54, 1.807) is 0 Å². The van der Waals surface area contributed by atoms with Crippen molar-refractivity contribution in [1.82, 2.24) is 9.55 Å². The minimum atomic E-state index is -0.0201. The summed E-state index contributed by atoms with van der Waals surface area (Å²) < 4.78 is 7.67. The molecule has 92 valence electrons. The fourth-order valence-corrected chi connectivity index (χ4v) is 2.21. The fraction of sp³-hybridized carbons (Fsp3) is 0.462. The standard InChI is InChI=1S/C13H19N3O/c1-8-5-12(11(4)17-8)10(3)16-7-15-6-13(16)9(2)14/h5-7,9-10H,14H2,1-4H3. The molecule has 0 saturated heterocycles. The van der Waals surface area contributed by atoms with Crippen LogP contribution in [0.2, 0.25) is 0 Å². The third-order valence-electron chi connectivity index (χ3n) is 3.11. The van der Waals surface area contributed by atoms with E-state index >= 15 is 0 Å². The van der Waals surface area contributed by atoms with Crippen LogP contribution in [0.1, 0.15) is 48.7 Å². The largest absolute Gasteiger partial charge is 0.466 e. The molecule has 2 N–H and O–H groups in total. The van der Waals surface area contributed by atoms with Gasteiger partial charge in [-0.25, -0.2) is 4.98 Å². The van der Waals surface area contributed by atoms with E-state index in [-0.39, 0.29) is 12.1 Å². The molecule has 2 rings (SSSR count). The Labute approximate surface area is 101 Å². The molecule has 0 fully saturated rings. The molecule has 0 radical (unpaired) electrons. The highest BCUT2D eigenvalue weighted by atomic mass is 16.3. The Kier molecular flexibility index (Phi) is 3.07. The molecule has 2 unspecified atom stereocenters. The van der Waals surface area contributed by atoms with Crippen LogP contribution in [0.5, 0.6) is 0 Å². The number of hydrogen-bond acceptors (Lipinski definition) is 3. The van der Waals surface area contributed by atoms with Crippen molar-refractivity contribution in [1.29, 1.82) is 0 Å². The van der Waals surface area contributed by atoms with Crippen LogP contribution in [-0.4, -0.2) is 9.55 Å². The number of hydrogen-bond donors (Lipinski definition) is 1. The number of rotatable bonds is 3. The van der Waals surface area contributed by atoms with Crippen LogP contribution >= 0.6 is 0 Å². The second kappa shape index (κ2) is 4.37. The summed E-state index contributed by atoms with van der Waals surface area (Å²) in [6.07, 6.45) is 3.65. The van der Waals surface area contributed by atoms with Crippen molar-refractivity contribution in [2.75, 3.05) is 0 Å². The molecule has 17 heavy (non-hydrogen) atoms. The van der Waals surface area contributed by atoms with Gasteiger partial charge in [0.1, 0.15) is 11.5 Å². The molecule has 0 saturated carbocycles. The van der Waals surface area contributed by atoms with E-state index in [1.165, 1.54) is 5.56 Å². The lowest BCUT2D eigenvalue weighted by atomic mass is 10.1. The lowest BCUT2D eigenvalue weighted by Crippen LogP contribution is -2.15. The zero-order valence-corrected chi connectivity index (χ0v) is 10.8. The van der Waals surface area contributed by atoms with Gasteiger partial charge in [-0.3, -0.25) is 0 Å². The van der Waals surface area contributed by atoms with Crippen molar-refractivity contribution in [3.05, 3.63) is 41.4 Å². The number of aryl methyl sites for hydroxylation is 2. The Morgan fingerprint density at radius 2 is 2.06 bits per heavy atom. The molecular formula is C13H19N3O. The molecular weight excluding hydrogens is 214 g/mol. The first kappa shape index (κ1) is 11.9. The van der Waals surface area contributed by atoms with Gasteiger partial charge in [-0.2, -0.15) is 0 Å². The predicted molar refractivity (Wildman–Crippen MR) is 66.8 cm³/mol. The van der Waals surface area contributed by atoms with Gasteiger partial charge in [0, 0.05) is 17.8 Å². The van der Waals surface area contributed by atoms with E-state index in [0.717, 1.165) is 17.2 Å². The molecule has 2 atom stereocenters. The Hall–Kier alpha value is -1.55. The second-order valence-electron chi connectivity index (χ2n) is 4.56. The molecule has 0 aromatic carbocycles. The molecule has 0 aliphatic rings. The van der Waals surface area contributed by atoms with Crippen LogP contribution in [0.25, 0.3) is 0 Å². The highest BCUT2D eigenvalue weighted by molar-refractivity contribution is 5.25. The van der Waals surface area contributed by atoms with Gasteiger partial charge in [0.2, 0.25) is 0 Å². The lowest BCUT2D eigenvalue weighted by Gasteiger charge is -2.17. The number of nitrogens with zero attached hydrogens (tertiary/aromatic N) is 2. The van der Waals surface area contributed by atoms with Gasteiger partial charge in [-0.15, -0.1) is 0 Å². The van der Waals surface area contributed by atoms with Gasteiger partial charge in [-0.05, 0) is 33.8 Å². The molecule has 4 heteroatoms. The summed E-state index contributed by atoms with van der Waals surface area (Å²) in [5.74, 6) is 1.89. The van der Waals surface area contributed by atoms with Crippen molar-refractivity contribution < 1.29 is 4.42 Å². The van der Waals surface area contributed by atoms with E-state index in [0.29, 0.717) is 0 Å². The normalized spacial score (nSPS) is 14.9. The van der Waals surface area contributed by atoms with Gasteiger partial charge in [-0.1, -0.05) is 0 Å². The number of nitrogens with two attached hydrogens (primary N) is 1. The van der Waals surface area contributed by atoms with E-state index in [9.17, 15) is 0 Å². The summed E-state index contributed by atoms with van der Waals surface area (Å²) in [4.78, 5) is 4.18. The van der Waals surface area contributed by atoms with Gasteiger partial charge >= 0.3 is 0 Å². The lowest BCUT2D eigenvalue weighted by molar-refractivity contribution is 0.491. The maximum Gasteiger partial charge on any atom is 0.106 e. The van der Waals surface area contributed by atoms with Crippen molar-refractivity contribution in [2.24, 2.45) is 5.73 Å². The summed E-state index contributed by atoms with van der Waals surface area (Å²) in [6, 6.07) is 2.24.